The van der Waals surface area contributed by atoms with E-state index < -0.39 is 16.1 Å². The predicted molar refractivity (Wildman–Crippen MR) is 124 cm³/mol. The standard InChI is InChI=1S/C22H26N4O3S2/c1-3-16-9-10-18-20(13-16)30-22(24-18)25(15-17-7-6-11-23-14-17)21(27)19-8-4-5-12-26(19)31(2,28)29/h6-7,9-11,13-14,19H,3-5,8,12,15H2,1-2H3. The molecule has 1 unspecified atom stereocenters. The topological polar surface area (TPSA) is 83.5 Å². The second-order valence-corrected chi connectivity index (χ2v) is 10.8. The number of carbonyl (C=O) groups is 1. The Labute approximate surface area is 186 Å². The Hall–Kier alpha value is -2.36. The van der Waals surface area contributed by atoms with Crippen molar-refractivity contribution in [2.75, 3.05) is 17.7 Å². The van der Waals surface area contributed by atoms with Crippen molar-refractivity contribution in [3.05, 3.63) is 53.9 Å². The molecule has 0 saturated carbocycles. The molecule has 1 saturated heterocycles. The van der Waals surface area contributed by atoms with Gasteiger partial charge in [0.2, 0.25) is 15.9 Å². The van der Waals surface area contributed by atoms with Gasteiger partial charge in [0.1, 0.15) is 6.04 Å². The Morgan fingerprint density at radius 1 is 1.26 bits per heavy atom. The summed E-state index contributed by atoms with van der Waals surface area (Å²) in [6.45, 7) is 2.76. The summed E-state index contributed by atoms with van der Waals surface area (Å²) >= 11 is 1.46. The van der Waals surface area contributed by atoms with Crippen LogP contribution in [0, 0.1) is 0 Å². The zero-order valence-electron chi connectivity index (χ0n) is 17.7. The van der Waals surface area contributed by atoms with Gasteiger partial charge in [0.15, 0.2) is 5.13 Å². The van der Waals surface area contributed by atoms with E-state index >= 15 is 0 Å². The minimum absolute atomic E-state index is 0.233. The normalized spacial score (nSPS) is 17.7. The molecule has 1 fully saturated rings. The molecular formula is C22H26N4O3S2. The van der Waals surface area contributed by atoms with Crippen LogP contribution in [-0.2, 0) is 27.8 Å². The monoisotopic (exact) mass is 458 g/mol. The van der Waals surface area contributed by atoms with Crippen LogP contribution in [0.5, 0.6) is 0 Å². The molecule has 2 aromatic heterocycles. The quantitative estimate of drug-likeness (QED) is 0.564. The third kappa shape index (κ3) is 4.78. The van der Waals surface area contributed by atoms with E-state index in [4.69, 9.17) is 4.98 Å². The number of rotatable bonds is 6. The van der Waals surface area contributed by atoms with Crippen LogP contribution >= 0.6 is 11.3 Å². The van der Waals surface area contributed by atoms with Crippen LogP contribution in [0.4, 0.5) is 5.13 Å². The average Bonchev–Trinajstić information content (AvgIpc) is 3.20. The first-order valence-corrected chi connectivity index (χ1v) is 13.1. The molecule has 1 aliphatic rings. The molecule has 0 aliphatic carbocycles. The van der Waals surface area contributed by atoms with Crippen molar-refractivity contribution in [3.63, 3.8) is 0 Å². The number of benzene rings is 1. The predicted octanol–water partition coefficient (Wildman–Crippen LogP) is 3.60. The minimum atomic E-state index is -3.49. The molecule has 9 heteroatoms. The highest BCUT2D eigenvalue weighted by Crippen LogP contribution is 2.32. The first-order chi connectivity index (χ1) is 14.9. The van der Waals surface area contributed by atoms with Crippen molar-refractivity contribution < 1.29 is 13.2 Å². The lowest BCUT2D eigenvalue weighted by molar-refractivity contribution is -0.123. The second kappa shape index (κ2) is 9.02. The summed E-state index contributed by atoms with van der Waals surface area (Å²) in [7, 11) is -3.49. The van der Waals surface area contributed by atoms with Gasteiger partial charge in [-0.1, -0.05) is 36.8 Å². The van der Waals surface area contributed by atoms with E-state index in [-0.39, 0.29) is 5.91 Å². The van der Waals surface area contributed by atoms with Crippen LogP contribution in [0.1, 0.15) is 37.3 Å². The van der Waals surface area contributed by atoms with Gasteiger partial charge in [-0.25, -0.2) is 13.4 Å². The molecule has 0 N–H and O–H groups in total. The maximum atomic E-state index is 13.7. The van der Waals surface area contributed by atoms with Crippen molar-refractivity contribution in [3.8, 4) is 0 Å². The Bertz CT molecular complexity index is 1180. The van der Waals surface area contributed by atoms with Crippen LogP contribution in [0.2, 0.25) is 0 Å². The number of carbonyl (C=O) groups excluding carboxylic acids is 1. The number of hydrogen-bond acceptors (Lipinski definition) is 6. The lowest BCUT2D eigenvalue weighted by Gasteiger charge is -2.35. The first kappa shape index (κ1) is 21.9. The SMILES string of the molecule is CCc1ccc2nc(N(Cc3cccnc3)C(=O)C3CCCCN3S(C)(=O)=O)sc2c1. The number of amides is 1. The Morgan fingerprint density at radius 2 is 2.10 bits per heavy atom. The molecule has 1 amide bonds. The van der Waals surface area contributed by atoms with Crippen molar-refractivity contribution in [1.82, 2.24) is 14.3 Å². The molecule has 0 bridgehead atoms. The summed E-state index contributed by atoms with van der Waals surface area (Å²) in [6, 6.07) is 9.15. The van der Waals surface area contributed by atoms with Gasteiger partial charge in [0, 0.05) is 18.9 Å². The number of fused-ring (bicyclic) bond motifs is 1. The molecule has 3 aromatic rings. The zero-order chi connectivity index (χ0) is 22.0. The van der Waals surface area contributed by atoms with Crippen LogP contribution in [-0.4, -0.2) is 47.4 Å². The molecule has 3 heterocycles. The number of sulfonamides is 1. The molecule has 4 rings (SSSR count). The largest absolute Gasteiger partial charge is 0.282 e. The van der Waals surface area contributed by atoms with Crippen molar-refractivity contribution in [2.24, 2.45) is 0 Å². The highest BCUT2D eigenvalue weighted by atomic mass is 32.2. The number of nitrogens with zero attached hydrogens (tertiary/aromatic N) is 4. The Balaban J connectivity index is 1.74. The number of pyridine rings is 1. The van der Waals surface area contributed by atoms with E-state index in [1.54, 1.807) is 17.3 Å². The summed E-state index contributed by atoms with van der Waals surface area (Å²) in [5, 5.41) is 0.580. The number of aromatic nitrogens is 2. The molecule has 1 atom stereocenters. The lowest BCUT2D eigenvalue weighted by Crippen LogP contribution is -2.52. The average molecular weight is 459 g/mol. The molecule has 1 aliphatic heterocycles. The summed E-state index contributed by atoms with van der Waals surface area (Å²) in [5.41, 5.74) is 2.92. The van der Waals surface area contributed by atoms with E-state index in [0.717, 1.165) is 35.0 Å². The Kier molecular flexibility index (Phi) is 6.36. The van der Waals surface area contributed by atoms with Gasteiger partial charge >= 0.3 is 0 Å². The fraction of sp³-hybridized carbons (Fsp3) is 0.409. The molecule has 7 nitrogen and oxygen atoms in total. The van der Waals surface area contributed by atoms with Crippen LogP contribution in [0.25, 0.3) is 10.2 Å². The van der Waals surface area contributed by atoms with Gasteiger partial charge in [-0.3, -0.25) is 14.7 Å². The third-order valence-electron chi connectivity index (χ3n) is 5.57. The number of hydrogen-bond donors (Lipinski definition) is 0. The number of thiazole rings is 1. The summed E-state index contributed by atoms with van der Waals surface area (Å²) in [6.07, 6.45) is 7.61. The van der Waals surface area contributed by atoms with Crippen molar-refractivity contribution in [2.45, 2.75) is 45.2 Å². The van der Waals surface area contributed by atoms with Gasteiger partial charge < -0.3 is 0 Å². The van der Waals surface area contributed by atoms with Crippen molar-refractivity contribution >= 4 is 42.6 Å². The lowest BCUT2D eigenvalue weighted by atomic mass is 10.0. The third-order valence-corrected chi connectivity index (χ3v) is 7.91. The van der Waals surface area contributed by atoms with Gasteiger partial charge in [0.05, 0.1) is 23.0 Å². The minimum Gasteiger partial charge on any atom is -0.282 e. The number of aryl methyl sites for hydroxylation is 1. The van der Waals surface area contributed by atoms with Gasteiger partial charge in [0.25, 0.3) is 0 Å². The van der Waals surface area contributed by atoms with Crippen LogP contribution in [0.15, 0.2) is 42.7 Å². The molecule has 0 spiro atoms. The second-order valence-electron chi connectivity index (χ2n) is 7.82. The number of anilines is 1. The summed E-state index contributed by atoms with van der Waals surface area (Å²) < 4.78 is 27.1. The van der Waals surface area contributed by atoms with Crippen LogP contribution < -0.4 is 4.90 Å². The van der Waals surface area contributed by atoms with Gasteiger partial charge in [-0.05, 0) is 48.6 Å². The fourth-order valence-electron chi connectivity index (χ4n) is 3.93. The fourth-order valence-corrected chi connectivity index (χ4v) is 6.09. The van der Waals surface area contributed by atoms with Crippen LogP contribution in [0.3, 0.4) is 0 Å². The van der Waals surface area contributed by atoms with E-state index in [1.165, 1.54) is 27.5 Å². The summed E-state index contributed by atoms with van der Waals surface area (Å²) in [5.74, 6) is -0.233. The van der Waals surface area contributed by atoms with E-state index in [1.807, 2.05) is 24.3 Å². The maximum Gasteiger partial charge on any atom is 0.247 e. The van der Waals surface area contributed by atoms with Gasteiger partial charge in [-0.15, -0.1) is 0 Å². The smallest absolute Gasteiger partial charge is 0.247 e. The molecular weight excluding hydrogens is 432 g/mol. The zero-order valence-corrected chi connectivity index (χ0v) is 19.3. The van der Waals surface area contributed by atoms with E-state index in [9.17, 15) is 13.2 Å². The molecule has 31 heavy (non-hydrogen) atoms. The Morgan fingerprint density at radius 3 is 2.81 bits per heavy atom. The maximum absolute atomic E-state index is 13.7. The summed E-state index contributed by atoms with van der Waals surface area (Å²) in [4.78, 5) is 24.2. The molecule has 0 radical (unpaired) electrons. The highest BCUT2D eigenvalue weighted by molar-refractivity contribution is 7.88. The van der Waals surface area contributed by atoms with Crippen molar-refractivity contribution in [1.29, 1.82) is 0 Å². The van der Waals surface area contributed by atoms with E-state index in [0.29, 0.717) is 24.6 Å². The first-order valence-electron chi connectivity index (χ1n) is 10.4. The molecule has 164 valence electrons. The number of piperidine rings is 1. The highest BCUT2D eigenvalue weighted by Gasteiger charge is 2.38. The van der Waals surface area contributed by atoms with Gasteiger partial charge in [-0.2, -0.15) is 4.31 Å². The molecule has 1 aromatic carbocycles. The van der Waals surface area contributed by atoms with E-state index in [2.05, 4.69) is 18.0 Å².